The first kappa shape index (κ1) is 13.7. The summed E-state index contributed by atoms with van der Waals surface area (Å²) in [7, 11) is 0. The SMILES string of the molecule is C=C1CCC(C)(C)CC2CCC3CC(CC)C2C1C3. The molecule has 5 unspecified atom stereocenters. The van der Waals surface area contributed by atoms with E-state index in [-0.39, 0.29) is 0 Å². The van der Waals surface area contributed by atoms with Gasteiger partial charge in [-0.3, -0.25) is 0 Å². The average Bonchev–Trinajstić information content (AvgIpc) is 2.64. The largest absolute Gasteiger partial charge is 0.0996 e. The van der Waals surface area contributed by atoms with Crippen molar-refractivity contribution < 1.29 is 0 Å². The predicted molar refractivity (Wildman–Crippen MR) is 83.0 cm³/mol. The Balaban J connectivity index is 1.95. The van der Waals surface area contributed by atoms with Crippen LogP contribution in [0.5, 0.6) is 0 Å². The van der Waals surface area contributed by atoms with E-state index in [4.69, 9.17) is 0 Å². The second-order valence-electron chi connectivity index (χ2n) is 8.55. The first-order chi connectivity index (χ1) is 9.00. The van der Waals surface area contributed by atoms with Crippen molar-refractivity contribution in [2.75, 3.05) is 0 Å². The van der Waals surface area contributed by atoms with Gasteiger partial charge in [-0.1, -0.05) is 45.8 Å². The van der Waals surface area contributed by atoms with E-state index in [1.807, 2.05) is 0 Å². The second-order valence-corrected chi connectivity index (χ2v) is 8.55. The molecular formula is C19H32. The zero-order valence-electron chi connectivity index (χ0n) is 13.3. The minimum Gasteiger partial charge on any atom is -0.0996 e. The van der Waals surface area contributed by atoms with E-state index in [9.17, 15) is 0 Å². The van der Waals surface area contributed by atoms with E-state index in [1.54, 1.807) is 5.57 Å². The molecule has 4 rings (SSSR count). The van der Waals surface area contributed by atoms with Gasteiger partial charge >= 0.3 is 0 Å². The van der Waals surface area contributed by atoms with E-state index < -0.39 is 0 Å². The monoisotopic (exact) mass is 260 g/mol. The van der Waals surface area contributed by atoms with E-state index in [0.29, 0.717) is 5.41 Å². The van der Waals surface area contributed by atoms with Gasteiger partial charge < -0.3 is 0 Å². The van der Waals surface area contributed by atoms with Gasteiger partial charge in [-0.2, -0.15) is 0 Å². The summed E-state index contributed by atoms with van der Waals surface area (Å²) in [5.41, 5.74) is 2.16. The molecule has 0 N–H and O–H groups in total. The predicted octanol–water partition coefficient (Wildman–Crippen LogP) is 5.83. The number of fused-ring (bicyclic) bond motifs is 2. The van der Waals surface area contributed by atoms with E-state index >= 15 is 0 Å². The molecule has 0 radical (unpaired) electrons. The molecule has 4 aliphatic carbocycles. The summed E-state index contributed by atoms with van der Waals surface area (Å²) in [5.74, 6) is 4.88. The van der Waals surface area contributed by atoms with Crippen molar-refractivity contribution in [1.29, 1.82) is 0 Å². The summed E-state index contributed by atoms with van der Waals surface area (Å²) in [6.45, 7) is 12.0. The fourth-order valence-corrected chi connectivity index (χ4v) is 5.73. The third-order valence-electron chi connectivity index (χ3n) is 6.71. The Hall–Kier alpha value is -0.260. The molecule has 108 valence electrons. The Morgan fingerprint density at radius 2 is 2.00 bits per heavy atom. The highest BCUT2D eigenvalue weighted by Gasteiger charge is 2.46. The molecule has 4 saturated carbocycles. The summed E-state index contributed by atoms with van der Waals surface area (Å²) in [6, 6.07) is 0. The first-order valence-corrected chi connectivity index (χ1v) is 8.68. The fraction of sp³-hybridized carbons (Fsp3) is 0.895. The van der Waals surface area contributed by atoms with Crippen LogP contribution >= 0.6 is 0 Å². The molecule has 4 bridgehead atoms. The van der Waals surface area contributed by atoms with Gasteiger partial charge in [0.2, 0.25) is 0 Å². The number of hydrogen-bond acceptors (Lipinski definition) is 0. The molecule has 0 amide bonds. The van der Waals surface area contributed by atoms with Gasteiger partial charge in [0.05, 0.1) is 0 Å². The van der Waals surface area contributed by atoms with Gasteiger partial charge in [-0.25, -0.2) is 0 Å². The lowest BCUT2D eigenvalue weighted by Gasteiger charge is -2.47. The van der Waals surface area contributed by atoms with Crippen LogP contribution in [-0.4, -0.2) is 0 Å². The number of rotatable bonds is 1. The van der Waals surface area contributed by atoms with Crippen LogP contribution in [0.4, 0.5) is 0 Å². The number of hydrogen-bond donors (Lipinski definition) is 0. The lowest BCUT2D eigenvalue weighted by Crippen LogP contribution is -2.38. The maximum Gasteiger partial charge on any atom is -0.0170 e. The standard InChI is InChI=1S/C19H32/c1-5-15-10-14-6-7-16-12-19(3,4)9-8-13(2)17(11-14)18(15)16/h14-18H,2,5-12H2,1,3-4H3. The molecule has 0 saturated heterocycles. The lowest BCUT2D eigenvalue weighted by molar-refractivity contribution is 0.0661. The minimum absolute atomic E-state index is 0.541. The van der Waals surface area contributed by atoms with Crippen molar-refractivity contribution in [2.24, 2.45) is 35.0 Å². The van der Waals surface area contributed by atoms with Gasteiger partial charge in [0.15, 0.2) is 0 Å². The highest BCUT2D eigenvalue weighted by molar-refractivity contribution is 5.11. The van der Waals surface area contributed by atoms with E-state index in [0.717, 1.165) is 29.6 Å². The van der Waals surface area contributed by atoms with Crippen LogP contribution in [0.25, 0.3) is 0 Å². The van der Waals surface area contributed by atoms with Crippen molar-refractivity contribution in [1.82, 2.24) is 0 Å². The molecule has 0 aliphatic heterocycles. The second kappa shape index (κ2) is 4.93. The summed E-state index contributed by atoms with van der Waals surface area (Å²) in [5, 5.41) is 0. The highest BCUT2D eigenvalue weighted by atomic mass is 14.5. The Morgan fingerprint density at radius 3 is 2.74 bits per heavy atom. The van der Waals surface area contributed by atoms with Crippen LogP contribution in [0, 0.1) is 35.0 Å². The van der Waals surface area contributed by atoms with Crippen LogP contribution < -0.4 is 0 Å². The van der Waals surface area contributed by atoms with Crippen LogP contribution in [0.3, 0.4) is 0 Å². The van der Waals surface area contributed by atoms with Crippen molar-refractivity contribution in [2.45, 2.75) is 72.1 Å². The Bertz CT molecular complexity index is 351. The van der Waals surface area contributed by atoms with Crippen molar-refractivity contribution in [3.63, 3.8) is 0 Å². The van der Waals surface area contributed by atoms with Gasteiger partial charge in [-0.15, -0.1) is 0 Å². The van der Waals surface area contributed by atoms with Crippen molar-refractivity contribution in [3.8, 4) is 0 Å². The lowest BCUT2D eigenvalue weighted by atomic mass is 9.58. The van der Waals surface area contributed by atoms with Crippen LogP contribution in [-0.2, 0) is 0 Å². The highest BCUT2D eigenvalue weighted by Crippen LogP contribution is 2.56. The summed E-state index contributed by atoms with van der Waals surface area (Å²) < 4.78 is 0. The summed E-state index contributed by atoms with van der Waals surface area (Å²) in [6.07, 6.45) is 11.6. The zero-order chi connectivity index (χ0) is 13.6. The van der Waals surface area contributed by atoms with Crippen LogP contribution in [0.15, 0.2) is 12.2 Å². The Kier molecular flexibility index (Phi) is 3.56. The first-order valence-electron chi connectivity index (χ1n) is 8.68. The summed E-state index contributed by atoms with van der Waals surface area (Å²) >= 11 is 0. The van der Waals surface area contributed by atoms with E-state index in [2.05, 4.69) is 27.4 Å². The maximum atomic E-state index is 4.53. The molecule has 0 nitrogen and oxygen atoms in total. The summed E-state index contributed by atoms with van der Waals surface area (Å²) in [4.78, 5) is 0. The molecule has 0 aromatic heterocycles. The van der Waals surface area contributed by atoms with Gasteiger partial charge in [0, 0.05) is 0 Å². The van der Waals surface area contributed by atoms with Gasteiger partial charge in [-0.05, 0) is 73.5 Å². The third-order valence-corrected chi connectivity index (χ3v) is 6.71. The maximum absolute atomic E-state index is 4.53. The number of allylic oxidation sites excluding steroid dienone is 1. The molecule has 4 aliphatic rings. The van der Waals surface area contributed by atoms with Crippen LogP contribution in [0.1, 0.15) is 72.1 Å². The van der Waals surface area contributed by atoms with Gasteiger partial charge in [0.1, 0.15) is 0 Å². The third kappa shape index (κ3) is 2.52. The zero-order valence-corrected chi connectivity index (χ0v) is 13.3. The quantitative estimate of drug-likeness (QED) is 0.520. The molecule has 0 spiro atoms. The molecule has 0 aromatic rings. The topological polar surface area (TPSA) is 0 Å². The average molecular weight is 260 g/mol. The molecule has 5 atom stereocenters. The van der Waals surface area contributed by atoms with Crippen molar-refractivity contribution in [3.05, 3.63) is 12.2 Å². The normalized spacial score (nSPS) is 45.4. The Labute approximate surface area is 120 Å². The molecule has 0 aromatic carbocycles. The molecule has 4 fully saturated rings. The van der Waals surface area contributed by atoms with Gasteiger partial charge in [0.25, 0.3) is 0 Å². The molecule has 19 heavy (non-hydrogen) atoms. The minimum atomic E-state index is 0.541. The molecule has 0 heteroatoms. The Morgan fingerprint density at radius 1 is 1.21 bits per heavy atom. The van der Waals surface area contributed by atoms with Crippen LogP contribution in [0.2, 0.25) is 0 Å². The van der Waals surface area contributed by atoms with E-state index in [1.165, 1.54) is 51.4 Å². The fourth-order valence-electron chi connectivity index (χ4n) is 5.73. The van der Waals surface area contributed by atoms with Crippen molar-refractivity contribution >= 4 is 0 Å². The molecule has 0 heterocycles. The molecular weight excluding hydrogens is 228 g/mol. The smallest absolute Gasteiger partial charge is 0.0170 e.